The maximum atomic E-state index is 9.73. The smallest absolute Gasteiger partial charge is 0.192 e. The van der Waals surface area contributed by atoms with Crippen LogP contribution in [0.4, 0.5) is 0 Å². The fraction of sp³-hybridized carbons (Fsp3) is 0.0303. The molecule has 5 nitrogen and oxygen atoms in total. The van der Waals surface area contributed by atoms with E-state index in [2.05, 4.69) is 52.8 Å². The maximum absolute atomic E-state index is 9.73. The van der Waals surface area contributed by atoms with Crippen molar-refractivity contribution in [1.29, 1.82) is 5.26 Å². The summed E-state index contributed by atoms with van der Waals surface area (Å²) in [6.07, 6.45) is 0. The summed E-state index contributed by atoms with van der Waals surface area (Å²) in [4.78, 5) is 1.72. The molecule has 0 aliphatic heterocycles. The first-order valence-corrected chi connectivity index (χ1v) is 12.4. The van der Waals surface area contributed by atoms with Gasteiger partial charge in [-0.2, -0.15) is 5.26 Å². The molecule has 0 fully saturated rings. The van der Waals surface area contributed by atoms with Crippen molar-refractivity contribution in [3.05, 3.63) is 162 Å². The van der Waals surface area contributed by atoms with E-state index in [-0.39, 0.29) is 0 Å². The first-order valence-electron chi connectivity index (χ1n) is 12.4. The van der Waals surface area contributed by atoms with Crippen LogP contribution in [0.25, 0.3) is 22.5 Å². The maximum Gasteiger partial charge on any atom is 0.205 e. The molecule has 0 amide bonds. The largest absolute Gasteiger partial charge is 0.205 e. The van der Waals surface area contributed by atoms with Crippen LogP contribution in [0.5, 0.6) is 0 Å². The summed E-state index contributed by atoms with van der Waals surface area (Å²) in [5.74, 6) is 0.487. The molecule has 0 atom stereocenters. The lowest BCUT2D eigenvalue weighted by Gasteiger charge is -2.34. The van der Waals surface area contributed by atoms with E-state index in [1.54, 1.807) is 4.80 Å². The molecule has 6 aromatic rings. The Morgan fingerprint density at radius 2 is 0.974 bits per heavy atom. The van der Waals surface area contributed by atoms with Gasteiger partial charge in [0.2, 0.25) is 5.82 Å². The average Bonchev–Trinajstić information content (AvgIpc) is 3.50. The zero-order valence-electron chi connectivity index (χ0n) is 20.5. The Bertz CT molecular complexity index is 1620. The summed E-state index contributed by atoms with van der Waals surface area (Å²) < 4.78 is 0. The lowest BCUT2D eigenvalue weighted by Crippen LogP contribution is -2.39. The van der Waals surface area contributed by atoms with Gasteiger partial charge in [-0.1, -0.05) is 133 Å². The molecular formula is C33H23N5. The minimum atomic E-state index is -0.853. The second kappa shape index (κ2) is 9.96. The highest BCUT2D eigenvalue weighted by atomic mass is 15.6. The summed E-state index contributed by atoms with van der Waals surface area (Å²) in [5, 5.41) is 24.0. The van der Waals surface area contributed by atoms with Gasteiger partial charge in [-0.25, -0.2) is 0 Å². The van der Waals surface area contributed by atoms with Gasteiger partial charge in [0.1, 0.15) is 0 Å². The Morgan fingerprint density at radius 1 is 0.526 bits per heavy atom. The number of tetrazole rings is 1. The molecule has 5 aromatic carbocycles. The van der Waals surface area contributed by atoms with Crippen molar-refractivity contribution in [3.63, 3.8) is 0 Å². The van der Waals surface area contributed by atoms with Crippen molar-refractivity contribution in [3.8, 4) is 28.6 Å². The van der Waals surface area contributed by atoms with Crippen LogP contribution in [0, 0.1) is 11.3 Å². The summed E-state index contributed by atoms with van der Waals surface area (Å²) in [6.45, 7) is 0. The third-order valence-corrected chi connectivity index (χ3v) is 6.79. The third-order valence-electron chi connectivity index (χ3n) is 6.79. The predicted molar refractivity (Wildman–Crippen MR) is 148 cm³/mol. The summed E-state index contributed by atoms with van der Waals surface area (Å²) in [6, 6.07) is 48.5. The number of hydrogen-bond acceptors (Lipinski definition) is 4. The quantitative estimate of drug-likeness (QED) is 0.244. The zero-order valence-corrected chi connectivity index (χ0v) is 20.5. The number of benzene rings is 5. The van der Waals surface area contributed by atoms with E-state index in [4.69, 9.17) is 5.10 Å². The molecule has 0 aliphatic rings. The minimum Gasteiger partial charge on any atom is -0.192 e. The molecule has 0 saturated carbocycles. The van der Waals surface area contributed by atoms with Gasteiger partial charge in [-0.3, -0.25) is 0 Å². The Morgan fingerprint density at radius 3 is 1.50 bits per heavy atom. The number of aromatic nitrogens is 4. The van der Waals surface area contributed by atoms with E-state index in [0.717, 1.165) is 33.4 Å². The highest BCUT2D eigenvalue weighted by Gasteiger charge is 2.41. The lowest BCUT2D eigenvalue weighted by molar-refractivity contribution is 0.396. The number of rotatable bonds is 6. The molecule has 5 heteroatoms. The van der Waals surface area contributed by atoms with Crippen molar-refractivity contribution < 1.29 is 0 Å². The first-order chi connectivity index (χ1) is 18.8. The van der Waals surface area contributed by atoms with Gasteiger partial charge in [0, 0.05) is 11.1 Å². The molecule has 38 heavy (non-hydrogen) atoms. The fourth-order valence-electron chi connectivity index (χ4n) is 5.08. The predicted octanol–water partition coefficient (Wildman–Crippen LogP) is 6.72. The molecule has 6 rings (SSSR count). The Hall–Kier alpha value is -5.34. The summed E-state index contributed by atoms with van der Waals surface area (Å²) in [5.41, 5.74) is 5.33. The molecule has 0 aliphatic carbocycles. The van der Waals surface area contributed by atoms with E-state index in [1.807, 2.05) is 103 Å². The van der Waals surface area contributed by atoms with Gasteiger partial charge >= 0.3 is 0 Å². The second-order valence-electron chi connectivity index (χ2n) is 8.91. The van der Waals surface area contributed by atoms with Crippen LogP contribution in [0.15, 0.2) is 140 Å². The average molecular weight is 490 g/mol. The molecule has 0 bridgehead atoms. The van der Waals surface area contributed by atoms with Crippen LogP contribution in [-0.2, 0) is 5.54 Å². The molecule has 1 heterocycles. The van der Waals surface area contributed by atoms with Gasteiger partial charge in [0.15, 0.2) is 5.54 Å². The molecule has 0 unspecified atom stereocenters. The van der Waals surface area contributed by atoms with E-state index < -0.39 is 5.54 Å². The van der Waals surface area contributed by atoms with Crippen LogP contribution >= 0.6 is 0 Å². The van der Waals surface area contributed by atoms with E-state index in [9.17, 15) is 5.26 Å². The van der Waals surface area contributed by atoms with E-state index >= 15 is 0 Å². The van der Waals surface area contributed by atoms with Crippen molar-refractivity contribution in [2.24, 2.45) is 0 Å². The minimum absolute atomic E-state index is 0.487. The van der Waals surface area contributed by atoms with Gasteiger partial charge < -0.3 is 0 Å². The van der Waals surface area contributed by atoms with Crippen molar-refractivity contribution in [2.75, 3.05) is 0 Å². The normalized spacial score (nSPS) is 11.1. The van der Waals surface area contributed by atoms with Gasteiger partial charge in [-0.05, 0) is 33.5 Å². The zero-order chi connectivity index (χ0) is 25.8. The molecule has 180 valence electrons. The molecule has 1 aromatic heterocycles. The molecule has 0 N–H and O–H groups in total. The van der Waals surface area contributed by atoms with E-state index in [1.165, 1.54) is 0 Å². The first kappa shape index (κ1) is 23.1. The standard InChI is InChI=1S/C33H23N5/c34-24-25-14-10-11-21-29(25)30-22-12-13-23-31(30)32-35-37-38(36-32)33(26-15-4-1-5-16-26,27-17-6-2-7-18-27)28-19-8-3-9-20-28/h1-23H. The number of nitriles is 1. The molecule has 0 saturated heterocycles. The SMILES string of the molecule is N#Cc1ccccc1-c1ccccc1-c1nnn(C(c2ccccc2)(c2ccccc2)c2ccccc2)n1. The van der Waals surface area contributed by atoms with Crippen molar-refractivity contribution in [1.82, 2.24) is 20.2 Å². The highest BCUT2D eigenvalue weighted by molar-refractivity contribution is 5.83. The molecule has 0 radical (unpaired) electrons. The third kappa shape index (κ3) is 3.85. The fourth-order valence-corrected chi connectivity index (χ4v) is 5.08. The lowest BCUT2D eigenvalue weighted by atomic mass is 9.77. The van der Waals surface area contributed by atoms with Crippen LogP contribution in [0.2, 0.25) is 0 Å². The Labute approximate surface area is 221 Å². The number of nitrogens with zero attached hydrogens (tertiary/aromatic N) is 5. The van der Waals surface area contributed by atoms with Crippen molar-refractivity contribution >= 4 is 0 Å². The van der Waals surface area contributed by atoms with Crippen LogP contribution in [-0.4, -0.2) is 20.2 Å². The summed E-state index contributed by atoms with van der Waals surface area (Å²) >= 11 is 0. The molecule has 0 spiro atoms. The Balaban J connectivity index is 1.61. The van der Waals surface area contributed by atoms with Crippen molar-refractivity contribution in [2.45, 2.75) is 5.54 Å². The van der Waals surface area contributed by atoms with Gasteiger partial charge in [-0.15, -0.1) is 15.0 Å². The van der Waals surface area contributed by atoms with E-state index in [0.29, 0.717) is 11.4 Å². The highest BCUT2D eigenvalue weighted by Crippen LogP contribution is 2.40. The summed E-state index contributed by atoms with van der Waals surface area (Å²) in [7, 11) is 0. The Kier molecular flexibility index (Phi) is 6.05. The number of hydrogen-bond donors (Lipinski definition) is 0. The van der Waals surface area contributed by atoms with Crippen LogP contribution in [0.1, 0.15) is 22.3 Å². The van der Waals surface area contributed by atoms with Gasteiger partial charge in [0.05, 0.1) is 11.6 Å². The van der Waals surface area contributed by atoms with Crippen LogP contribution < -0.4 is 0 Å². The monoisotopic (exact) mass is 489 g/mol. The van der Waals surface area contributed by atoms with Crippen LogP contribution in [0.3, 0.4) is 0 Å². The second-order valence-corrected chi connectivity index (χ2v) is 8.91. The molecular weight excluding hydrogens is 466 g/mol. The van der Waals surface area contributed by atoms with Gasteiger partial charge in [0.25, 0.3) is 0 Å². The topological polar surface area (TPSA) is 67.4 Å².